The number of rotatable bonds is 10. The zero-order chi connectivity index (χ0) is 35.5. The number of hydrogen-bond donors (Lipinski definition) is 2. The number of amides is 1. The molecule has 50 heavy (non-hydrogen) atoms. The van der Waals surface area contributed by atoms with Gasteiger partial charge in [0.25, 0.3) is 5.91 Å². The number of aliphatic hydroxyl groups is 1. The summed E-state index contributed by atoms with van der Waals surface area (Å²) in [5.41, 5.74) is 3.10. The molecule has 1 amide bonds. The van der Waals surface area contributed by atoms with Crippen molar-refractivity contribution >= 4 is 17.7 Å². The lowest BCUT2D eigenvalue weighted by atomic mass is 9.91. The maximum atomic E-state index is 14.1. The molecule has 0 aliphatic carbocycles. The third-order valence-corrected chi connectivity index (χ3v) is 9.76. The largest absolute Gasteiger partial charge is 0.392 e. The number of ether oxygens (including phenoxy) is 2. The van der Waals surface area contributed by atoms with E-state index in [1.807, 2.05) is 72.4 Å². The van der Waals surface area contributed by atoms with E-state index in [4.69, 9.17) is 9.47 Å². The maximum Gasteiger partial charge on any atom is 0.257 e. The lowest BCUT2D eigenvalue weighted by molar-refractivity contribution is -0.268. The molecule has 0 saturated carbocycles. The Balaban J connectivity index is 1.18. The molecule has 0 spiro atoms. The fraction of sp³-hybridized carbons (Fsp3) is 0.243. The van der Waals surface area contributed by atoms with Crippen LogP contribution in [0.3, 0.4) is 0 Å². The monoisotopic (exact) mass is 709 g/mol. The molecule has 4 atom stereocenters. The number of aliphatic hydroxyl groups excluding tert-OH is 1. The van der Waals surface area contributed by atoms with Crippen LogP contribution in [0.15, 0.2) is 90.3 Å². The average Bonchev–Trinajstić information content (AvgIpc) is 3.56. The number of hydrogen-bond acceptors (Lipinski definition) is 6. The van der Waals surface area contributed by atoms with E-state index in [-0.39, 0.29) is 31.3 Å². The lowest BCUT2D eigenvalue weighted by Gasteiger charge is -2.41. The highest BCUT2D eigenvalue weighted by Gasteiger charge is 2.38. The van der Waals surface area contributed by atoms with Gasteiger partial charge in [-0.3, -0.25) is 4.79 Å². The highest BCUT2D eigenvalue weighted by atomic mass is 32.2. The Morgan fingerprint density at radius 2 is 1.52 bits per heavy atom. The van der Waals surface area contributed by atoms with Gasteiger partial charge in [-0.25, -0.2) is 26.9 Å². The van der Waals surface area contributed by atoms with Crippen molar-refractivity contribution in [3.05, 3.63) is 142 Å². The van der Waals surface area contributed by atoms with Gasteiger partial charge in [0.2, 0.25) is 5.82 Å². The van der Waals surface area contributed by atoms with Crippen molar-refractivity contribution in [1.29, 1.82) is 0 Å². The summed E-state index contributed by atoms with van der Waals surface area (Å²) in [4.78, 5) is 16.9. The molecule has 2 N–H and O–H groups in total. The van der Waals surface area contributed by atoms with E-state index >= 15 is 0 Å². The summed E-state index contributed by atoms with van der Waals surface area (Å²) in [5, 5.41) is 12.6. The number of aromatic nitrogens is 2. The van der Waals surface area contributed by atoms with E-state index in [2.05, 4.69) is 17.2 Å². The Hall–Kier alpha value is -4.56. The predicted octanol–water partition coefficient (Wildman–Crippen LogP) is 7.79. The fourth-order valence-corrected chi connectivity index (χ4v) is 6.82. The van der Waals surface area contributed by atoms with Crippen LogP contribution in [0.25, 0.3) is 11.1 Å². The first-order valence-corrected chi connectivity index (χ1v) is 16.6. The van der Waals surface area contributed by atoms with Crippen molar-refractivity contribution in [2.45, 2.75) is 43.7 Å². The lowest BCUT2D eigenvalue weighted by Crippen LogP contribution is -2.38. The molecule has 4 aromatic carbocycles. The van der Waals surface area contributed by atoms with Crippen LogP contribution in [0, 0.1) is 35.0 Å². The minimum atomic E-state index is -2.33. The minimum Gasteiger partial charge on any atom is -0.392 e. The second-order valence-corrected chi connectivity index (χ2v) is 12.9. The van der Waals surface area contributed by atoms with E-state index in [0.29, 0.717) is 11.3 Å². The Morgan fingerprint density at radius 3 is 2.16 bits per heavy atom. The summed E-state index contributed by atoms with van der Waals surface area (Å²) in [6.07, 6.45) is 2.48. The number of imidazole rings is 1. The number of thioether (sulfide) groups is 1. The summed E-state index contributed by atoms with van der Waals surface area (Å²) >= 11 is 1.60. The van der Waals surface area contributed by atoms with Crippen molar-refractivity contribution in [1.82, 2.24) is 14.9 Å². The van der Waals surface area contributed by atoms with Crippen molar-refractivity contribution < 1.29 is 41.3 Å². The van der Waals surface area contributed by atoms with Gasteiger partial charge in [-0.05, 0) is 33.9 Å². The number of carbonyl (C=O) groups excluding carboxylic acids is 1. The number of nitrogens with one attached hydrogen (secondary N) is 1. The van der Waals surface area contributed by atoms with Crippen LogP contribution in [0.5, 0.6) is 0 Å². The third-order valence-electron chi connectivity index (χ3n) is 8.61. The van der Waals surface area contributed by atoms with E-state index in [1.54, 1.807) is 36.2 Å². The summed E-state index contributed by atoms with van der Waals surface area (Å²) in [6.45, 7) is 1.80. The molecule has 1 aliphatic heterocycles. The van der Waals surface area contributed by atoms with Gasteiger partial charge < -0.3 is 24.5 Å². The second kappa shape index (κ2) is 15.1. The summed E-state index contributed by atoms with van der Waals surface area (Å²) in [6, 6.07) is 22.2. The Kier molecular flexibility index (Phi) is 10.7. The Labute approximate surface area is 289 Å². The zero-order valence-electron chi connectivity index (χ0n) is 26.9. The molecule has 4 unspecified atom stereocenters. The number of halogens is 5. The molecule has 7 nitrogen and oxygen atoms in total. The molecule has 1 fully saturated rings. The molecule has 13 heteroatoms. The van der Waals surface area contributed by atoms with Gasteiger partial charge in [0.1, 0.15) is 5.56 Å². The maximum absolute atomic E-state index is 14.1. The topological polar surface area (TPSA) is 85.6 Å². The van der Waals surface area contributed by atoms with Crippen molar-refractivity contribution in [2.75, 3.05) is 5.75 Å². The number of nitrogens with zero attached hydrogens (tertiary/aromatic N) is 2. The van der Waals surface area contributed by atoms with Crippen LogP contribution < -0.4 is 5.32 Å². The van der Waals surface area contributed by atoms with Crippen LogP contribution in [-0.2, 0) is 29.7 Å². The van der Waals surface area contributed by atoms with Gasteiger partial charge in [-0.2, -0.15) is 0 Å². The fourth-order valence-electron chi connectivity index (χ4n) is 5.73. The Morgan fingerprint density at radius 1 is 0.860 bits per heavy atom. The second-order valence-electron chi connectivity index (χ2n) is 11.9. The van der Waals surface area contributed by atoms with Gasteiger partial charge in [0.15, 0.2) is 34.7 Å². The first-order valence-electron chi connectivity index (χ1n) is 15.6. The number of aryl methyl sites for hydroxylation is 1. The summed E-state index contributed by atoms with van der Waals surface area (Å²) < 4.78 is 83.9. The van der Waals surface area contributed by atoms with Crippen molar-refractivity contribution in [3.8, 4) is 11.1 Å². The molecule has 1 aromatic heterocycles. The highest BCUT2D eigenvalue weighted by Crippen LogP contribution is 2.43. The van der Waals surface area contributed by atoms with E-state index < -0.39 is 46.8 Å². The zero-order valence-corrected chi connectivity index (χ0v) is 27.7. The van der Waals surface area contributed by atoms with E-state index in [1.165, 1.54) is 0 Å². The average molecular weight is 710 g/mol. The van der Waals surface area contributed by atoms with Crippen LogP contribution in [0.2, 0.25) is 0 Å². The molecule has 1 saturated heterocycles. The van der Waals surface area contributed by atoms with Crippen LogP contribution in [-0.4, -0.2) is 32.4 Å². The molecule has 0 radical (unpaired) electrons. The molecular weight excluding hydrogens is 677 g/mol. The summed E-state index contributed by atoms with van der Waals surface area (Å²) in [5.74, 6) is -11.9. The van der Waals surface area contributed by atoms with Gasteiger partial charge in [0.05, 0.1) is 18.8 Å². The molecular formula is C37H32F5N3O4S. The number of benzene rings is 4. The van der Waals surface area contributed by atoms with Crippen LogP contribution >= 0.6 is 11.8 Å². The Bertz CT molecular complexity index is 1960. The van der Waals surface area contributed by atoms with E-state index in [9.17, 15) is 31.9 Å². The standard InChI is InChI=1S/C37H32F5N3O4S/c1-20-27(19-50-37-43-14-15-45(37)2)48-36(49-34(20)24-8-6-21(18-46)7-9-24)25-12-10-23(11-13-25)26-5-3-4-22(16-26)17-44-35(47)28-29(38)31(40)33(42)32(41)30(28)39/h3-16,20,27,34,36,46H,17-19H2,1-2H3,(H,44,47). The van der Waals surface area contributed by atoms with Crippen LogP contribution in [0.1, 0.15) is 51.9 Å². The van der Waals surface area contributed by atoms with Gasteiger partial charge in [-0.15, -0.1) is 0 Å². The van der Waals surface area contributed by atoms with Gasteiger partial charge in [0, 0.05) is 43.2 Å². The molecule has 6 rings (SSSR count). The predicted molar refractivity (Wildman–Crippen MR) is 176 cm³/mol. The minimum absolute atomic E-state index is 0.00408. The third kappa shape index (κ3) is 7.31. The quantitative estimate of drug-likeness (QED) is 0.0667. The molecule has 260 valence electrons. The van der Waals surface area contributed by atoms with E-state index in [0.717, 1.165) is 33.0 Å². The molecule has 1 aliphatic rings. The smallest absolute Gasteiger partial charge is 0.257 e. The SMILES string of the molecule is CC1C(CSc2nccn2C)OC(c2ccc(-c3cccc(CNC(=O)c4c(F)c(F)c(F)c(F)c4F)c3)cc2)OC1c1ccc(CO)cc1. The van der Waals surface area contributed by atoms with Crippen molar-refractivity contribution in [2.24, 2.45) is 13.0 Å². The van der Waals surface area contributed by atoms with Crippen LogP contribution in [0.4, 0.5) is 22.0 Å². The highest BCUT2D eigenvalue weighted by molar-refractivity contribution is 7.99. The summed E-state index contributed by atoms with van der Waals surface area (Å²) in [7, 11) is 1.94. The first-order chi connectivity index (χ1) is 24.0. The first kappa shape index (κ1) is 35.3. The van der Waals surface area contributed by atoms with Crippen molar-refractivity contribution in [3.63, 3.8) is 0 Å². The molecule has 5 aromatic rings. The van der Waals surface area contributed by atoms with Gasteiger partial charge >= 0.3 is 0 Å². The number of carbonyl (C=O) groups is 1. The molecule has 0 bridgehead atoms. The molecule has 2 heterocycles. The van der Waals surface area contributed by atoms with Gasteiger partial charge in [-0.1, -0.05) is 85.4 Å². The normalized spacial score (nSPS) is 19.0.